The minimum absolute atomic E-state index is 0.259. The van der Waals surface area contributed by atoms with Gasteiger partial charge in [-0.15, -0.1) is 0 Å². The van der Waals surface area contributed by atoms with Crippen LogP contribution in [0.15, 0.2) is 30.3 Å². The lowest BCUT2D eigenvalue weighted by Gasteiger charge is -2.07. The lowest BCUT2D eigenvalue weighted by atomic mass is 10.2. The molecule has 0 unspecified atom stereocenters. The Morgan fingerprint density at radius 3 is 2.63 bits per heavy atom. The van der Waals surface area contributed by atoms with E-state index >= 15 is 0 Å². The summed E-state index contributed by atoms with van der Waals surface area (Å²) in [6.07, 6.45) is 0. The van der Waals surface area contributed by atoms with Crippen LogP contribution in [0, 0.1) is 11.3 Å². The number of aromatic nitrogens is 2. The molecule has 1 aromatic heterocycles. The van der Waals surface area contributed by atoms with Crippen LogP contribution in [-0.4, -0.2) is 17.1 Å². The van der Waals surface area contributed by atoms with E-state index in [9.17, 15) is 0 Å². The molecule has 0 spiro atoms. The minimum atomic E-state index is 0.259. The summed E-state index contributed by atoms with van der Waals surface area (Å²) >= 11 is 0. The van der Waals surface area contributed by atoms with Gasteiger partial charge in [0, 0.05) is 13.2 Å². The Kier molecular flexibility index (Phi) is 3.90. The first-order valence-corrected chi connectivity index (χ1v) is 5.51. The Hall–Kier alpha value is -2.65. The Bertz CT molecular complexity index is 605. The number of nitrogens with two attached hydrogens (primary N) is 1. The Morgan fingerprint density at radius 1 is 1.26 bits per heavy atom. The van der Waals surface area contributed by atoms with Gasteiger partial charge in [-0.25, -0.2) is 4.98 Å². The maximum absolute atomic E-state index is 8.71. The first-order chi connectivity index (χ1) is 9.21. The van der Waals surface area contributed by atoms with Gasteiger partial charge in [-0.2, -0.15) is 10.2 Å². The number of hydrogen-bond donors (Lipinski definition) is 1. The fraction of sp³-hybridized carbons (Fsp3) is 0.154. The number of benzene rings is 1. The second-order valence-electron chi connectivity index (χ2n) is 3.72. The number of ether oxygens (including phenoxy) is 2. The third-order valence-electron chi connectivity index (χ3n) is 2.25. The molecule has 0 saturated carbocycles. The summed E-state index contributed by atoms with van der Waals surface area (Å²) in [6, 6.07) is 10.3. The predicted octanol–water partition coefficient (Wildman–Crippen LogP) is 1.87. The largest absolute Gasteiger partial charge is 0.439 e. The van der Waals surface area contributed by atoms with E-state index in [4.69, 9.17) is 20.5 Å². The molecular weight excluding hydrogens is 244 g/mol. The van der Waals surface area contributed by atoms with Gasteiger partial charge >= 0.3 is 0 Å². The van der Waals surface area contributed by atoms with Crippen LogP contribution in [0.3, 0.4) is 0 Å². The minimum Gasteiger partial charge on any atom is -0.439 e. The number of hydrogen-bond acceptors (Lipinski definition) is 6. The van der Waals surface area contributed by atoms with Gasteiger partial charge in [0.1, 0.15) is 18.2 Å². The van der Waals surface area contributed by atoms with E-state index in [1.54, 1.807) is 31.4 Å². The van der Waals surface area contributed by atoms with Crippen molar-refractivity contribution in [1.29, 1.82) is 5.26 Å². The molecule has 0 saturated heterocycles. The third kappa shape index (κ3) is 3.40. The second kappa shape index (κ2) is 5.80. The molecule has 6 heteroatoms. The molecule has 96 valence electrons. The van der Waals surface area contributed by atoms with Gasteiger partial charge in [0.2, 0.25) is 5.88 Å². The molecule has 0 bridgehead atoms. The number of nitriles is 1. The number of rotatable bonds is 4. The molecule has 0 aliphatic carbocycles. The van der Waals surface area contributed by atoms with Gasteiger partial charge < -0.3 is 15.2 Å². The molecule has 0 atom stereocenters. The van der Waals surface area contributed by atoms with Crippen molar-refractivity contribution in [2.75, 3.05) is 12.8 Å². The monoisotopic (exact) mass is 256 g/mol. The number of methoxy groups -OCH3 is 1. The van der Waals surface area contributed by atoms with Gasteiger partial charge in [0.15, 0.2) is 5.82 Å². The highest BCUT2D eigenvalue weighted by atomic mass is 16.5. The van der Waals surface area contributed by atoms with Crippen molar-refractivity contribution in [3.05, 3.63) is 41.7 Å². The van der Waals surface area contributed by atoms with Gasteiger partial charge in [-0.05, 0) is 24.3 Å². The smallest absolute Gasteiger partial charge is 0.224 e. The molecule has 0 fully saturated rings. The van der Waals surface area contributed by atoms with Crippen molar-refractivity contribution < 1.29 is 9.47 Å². The zero-order chi connectivity index (χ0) is 13.7. The average molecular weight is 256 g/mol. The Labute approximate surface area is 110 Å². The van der Waals surface area contributed by atoms with Gasteiger partial charge in [0.05, 0.1) is 11.6 Å². The molecule has 0 radical (unpaired) electrons. The number of nitrogens with zero attached hydrogens (tertiary/aromatic N) is 3. The summed E-state index contributed by atoms with van der Waals surface area (Å²) < 4.78 is 10.5. The second-order valence-corrected chi connectivity index (χ2v) is 3.72. The van der Waals surface area contributed by atoms with Crippen molar-refractivity contribution in [2.45, 2.75) is 6.61 Å². The number of nitrogen functional groups attached to an aromatic ring is 1. The topological polar surface area (TPSA) is 94.0 Å². The lowest BCUT2D eigenvalue weighted by molar-refractivity contribution is 0.177. The van der Waals surface area contributed by atoms with Crippen molar-refractivity contribution in [3.63, 3.8) is 0 Å². The van der Waals surface area contributed by atoms with E-state index in [1.165, 1.54) is 6.07 Å². The maximum atomic E-state index is 8.71. The van der Waals surface area contributed by atoms with Crippen LogP contribution in [0.2, 0.25) is 0 Å². The summed E-state index contributed by atoms with van der Waals surface area (Å²) in [7, 11) is 1.55. The molecule has 0 aliphatic rings. The van der Waals surface area contributed by atoms with Crippen molar-refractivity contribution in [2.24, 2.45) is 0 Å². The SMILES string of the molecule is COCc1nc(N)cc(Oc2ccc(C#N)cc2)n1. The Balaban J connectivity index is 2.20. The van der Waals surface area contributed by atoms with Crippen molar-refractivity contribution in [1.82, 2.24) is 9.97 Å². The first kappa shape index (κ1) is 12.8. The number of anilines is 1. The molecule has 6 nitrogen and oxygen atoms in total. The average Bonchev–Trinajstić information content (AvgIpc) is 2.39. The molecule has 2 N–H and O–H groups in total. The molecule has 2 rings (SSSR count). The molecule has 0 aliphatic heterocycles. The standard InChI is InChI=1S/C13H12N4O2/c1-18-8-12-16-11(15)6-13(17-12)19-10-4-2-9(7-14)3-5-10/h2-6H,8H2,1H3,(H2,15,16,17). The van der Waals surface area contributed by atoms with E-state index in [2.05, 4.69) is 9.97 Å². The van der Waals surface area contributed by atoms with Crippen LogP contribution in [0.5, 0.6) is 11.6 Å². The van der Waals surface area contributed by atoms with Gasteiger partial charge in [-0.3, -0.25) is 0 Å². The summed E-state index contributed by atoms with van der Waals surface area (Å²) in [4.78, 5) is 8.17. The fourth-order valence-corrected chi connectivity index (χ4v) is 1.46. The molecule has 1 heterocycles. The summed E-state index contributed by atoms with van der Waals surface area (Å²) in [5.41, 5.74) is 6.22. The van der Waals surface area contributed by atoms with Gasteiger partial charge in [0.25, 0.3) is 0 Å². The fourth-order valence-electron chi connectivity index (χ4n) is 1.46. The molecule has 1 aromatic carbocycles. The Morgan fingerprint density at radius 2 is 2.00 bits per heavy atom. The third-order valence-corrected chi connectivity index (χ3v) is 2.25. The predicted molar refractivity (Wildman–Crippen MR) is 68.4 cm³/mol. The first-order valence-electron chi connectivity index (χ1n) is 5.51. The van der Waals surface area contributed by atoms with Crippen LogP contribution in [-0.2, 0) is 11.3 Å². The van der Waals surface area contributed by atoms with E-state index in [1.807, 2.05) is 6.07 Å². The van der Waals surface area contributed by atoms with E-state index in [0.29, 0.717) is 28.8 Å². The van der Waals surface area contributed by atoms with Gasteiger partial charge in [-0.1, -0.05) is 0 Å². The van der Waals surface area contributed by atoms with Crippen LogP contribution in [0.4, 0.5) is 5.82 Å². The molecule has 0 amide bonds. The highest BCUT2D eigenvalue weighted by Crippen LogP contribution is 2.21. The van der Waals surface area contributed by atoms with Crippen LogP contribution < -0.4 is 10.5 Å². The van der Waals surface area contributed by atoms with Crippen LogP contribution >= 0.6 is 0 Å². The molecule has 19 heavy (non-hydrogen) atoms. The molecule has 2 aromatic rings. The van der Waals surface area contributed by atoms with E-state index in [-0.39, 0.29) is 6.61 Å². The highest BCUT2D eigenvalue weighted by molar-refractivity contribution is 5.38. The zero-order valence-corrected chi connectivity index (χ0v) is 10.3. The van der Waals surface area contributed by atoms with Crippen molar-refractivity contribution in [3.8, 4) is 17.7 Å². The zero-order valence-electron chi connectivity index (χ0n) is 10.3. The highest BCUT2D eigenvalue weighted by Gasteiger charge is 2.05. The van der Waals surface area contributed by atoms with E-state index in [0.717, 1.165) is 0 Å². The normalized spacial score (nSPS) is 9.89. The van der Waals surface area contributed by atoms with Crippen molar-refractivity contribution >= 4 is 5.82 Å². The quantitative estimate of drug-likeness (QED) is 0.897. The maximum Gasteiger partial charge on any atom is 0.224 e. The van der Waals surface area contributed by atoms with E-state index < -0.39 is 0 Å². The lowest BCUT2D eigenvalue weighted by Crippen LogP contribution is -2.02. The molecular formula is C13H12N4O2. The van der Waals surface area contributed by atoms with Crippen LogP contribution in [0.1, 0.15) is 11.4 Å². The summed E-state index contributed by atoms with van der Waals surface area (Å²) in [5, 5.41) is 8.71. The summed E-state index contributed by atoms with van der Waals surface area (Å²) in [5.74, 6) is 1.67. The van der Waals surface area contributed by atoms with Crippen LogP contribution in [0.25, 0.3) is 0 Å². The summed E-state index contributed by atoms with van der Waals surface area (Å²) in [6.45, 7) is 0.259.